The Balaban J connectivity index is 1.33. The first-order chi connectivity index (χ1) is 12.8. The number of fused-ring (bicyclic) bond motifs is 1. The van der Waals surface area contributed by atoms with Crippen molar-refractivity contribution in [2.24, 2.45) is 5.92 Å². The summed E-state index contributed by atoms with van der Waals surface area (Å²) in [5.74, 6) is 1.78. The molecule has 1 N–H and O–H groups in total. The lowest BCUT2D eigenvalue weighted by atomic mass is 10.1. The molecular weight excluding hydrogens is 322 g/mol. The molecule has 4 rings (SSSR count). The van der Waals surface area contributed by atoms with Gasteiger partial charge in [-0.15, -0.1) is 0 Å². The summed E-state index contributed by atoms with van der Waals surface area (Å²) in [7, 11) is 0. The van der Waals surface area contributed by atoms with Gasteiger partial charge in [0.15, 0.2) is 0 Å². The number of ether oxygens (including phenoxy) is 1. The fourth-order valence-electron chi connectivity index (χ4n) is 3.38. The Morgan fingerprint density at radius 3 is 2.62 bits per heavy atom. The van der Waals surface area contributed by atoms with E-state index in [2.05, 4.69) is 33.9 Å². The van der Waals surface area contributed by atoms with Gasteiger partial charge in [0.2, 0.25) is 0 Å². The van der Waals surface area contributed by atoms with E-state index in [1.54, 1.807) is 0 Å². The van der Waals surface area contributed by atoms with Crippen molar-refractivity contribution in [2.75, 3.05) is 19.6 Å². The van der Waals surface area contributed by atoms with Gasteiger partial charge in [0, 0.05) is 13.1 Å². The van der Waals surface area contributed by atoms with Crippen molar-refractivity contribution < 1.29 is 4.74 Å². The highest BCUT2D eigenvalue weighted by Gasteiger charge is 2.23. The number of para-hydroxylation sites is 2. The van der Waals surface area contributed by atoms with E-state index in [-0.39, 0.29) is 0 Å². The minimum absolute atomic E-state index is 0.539. The molecule has 3 aromatic rings. The molecule has 4 heteroatoms. The molecule has 0 aliphatic heterocycles. The average molecular weight is 349 g/mol. The van der Waals surface area contributed by atoms with Gasteiger partial charge in [0.1, 0.15) is 5.75 Å². The Bertz CT molecular complexity index is 803. The van der Waals surface area contributed by atoms with Gasteiger partial charge >= 0.3 is 0 Å². The van der Waals surface area contributed by atoms with Crippen molar-refractivity contribution in [1.82, 2.24) is 14.9 Å². The quantitative estimate of drug-likeness (QED) is 0.590. The summed E-state index contributed by atoms with van der Waals surface area (Å²) in [5.41, 5.74) is 3.27. The number of nitrogens with one attached hydrogen (secondary N) is 1. The second-order valence-corrected chi connectivity index (χ2v) is 7.30. The Morgan fingerprint density at radius 2 is 1.88 bits per heavy atom. The Labute approximate surface area is 155 Å². The number of aromatic amines is 1. The predicted octanol–water partition coefficient (Wildman–Crippen LogP) is 5.02. The maximum atomic E-state index is 5.87. The van der Waals surface area contributed by atoms with E-state index in [1.165, 1.54) is 37.9 Å². The van der Waals surface area contributed by atoms with Crippen molar-refractivity contribution >= 4 is 11.0 Å². The molecule has 1 heterocycles. The van der Waals surface area contributed by atoms with Crippen LogP contribution < -0.4 is 4.74 Å². The van der Waals surface area contributed by atoms with Crippen LogP contribution in [-0.4, -0.2) is 34.5 Å². The number of hydrogen-bond donors (Lipinski definition) is 1. The third-order valence-corrected chi connectivity index (χ3v) is 4.98. The molecule has 2 aromatic carbocycles. The van der Waals surface area contributed by atoms with Gasteiger partial charge in [-0.1, -0.05) is 31.2 Å². The zero-order valence-corrected chi connectivity index (χ0v) is 15.4. The van der Waals surface area contributed by atoms with E-state index in [0.29, 0.717) is 6.01 Å². The second kappa shape index (κ2) is 7.92. The Kier molecular flexibility index (Phi) is 5.21. The molecule has 0 unspecified atom stereocenters. The maximum Gasteiger partial charge on any atom is 0.300 e. The summed E-state index contributed by atoms with van der Waals surface area (Å²) in [5, 5.41) is 0. The Hall–Kier alpha value is -2.33. The molecule has 26 heavy (non-hydrogen) atoms. The molecule has 0 atom stereocenters. The first-order valence-corrected chi connectivity index (χ1v) is 9.74. The number of hydrogen-bond acceptors (Lipinski definition) is 3. The van der Waals surface area contributed by atoms with Crippen LogP contribution in [0.15, 0.2) is 48.5 Å². The molecule has 136 valence electrons. The molecule has 1 aliphatic carbocycles. The molecule has 0 bridgehead atoms. The van der Waals surface area contributed by atoms with Crippen LogP contribution in [-0.2, 0) is 6.42 Å². The first kappa shape index (κ1) is 17.1. The SMILES string of the molecule is CCCN(CCc1ccc(Oc2nc3ccccc3[nH]2)cc1)CC1CC1. The molecule has 1 aromatic heterocycles. The van der Waals surface area contributed by atoms with Crippen LogP contribution in [0.1, 0.15) is 31.7 Å². The highest BCUT2D eigenvalue weighted by Crippen LogP contribution is 2.30. The lowest BCUT2D eigenvalue weighted by molar-refractivity contribution is 0.266. The molecule has 1 aliphatic rings. The molecule has 0 spiro atoms. The highest BCUT2D eigenvalue weighted by atomic mass is 16.5. The zero-order valence-electron chi connectivity index (χ0n) is 15.4. The van der Waals surface area contributed by atoms with Crippen LogP contribution in [0.2, 0.25) is 0 Å². The molecule has 1 saturated carbocycles. The highest BCUT2D eigenvalue weighted by molar-refractivity contribution is 5.75. The van der Waals surface area contributed by atoms with Crippen LogP contribution in [0, 0.1) is 5.92 Å². The maximum absolute atomic E-state index is 5.87. The van der Waals surface area contributed by atoms with Gasteiger partial charge < -0.3 is 14.6 Å². The van der Waals surface area contributed by atoms with E-state index in [0.717, 1.165) is 35.7 Å². The van der Waals surface area contributed by atoms with E-state index < -0.39 is 0 Å². The second-order valence-electron chi connectivity index (χ2n) is 7.30. The standard InChI is InChI=1S/C22H27N3O/c1-2-14-25(16-18-7-8-18)15-13-17-9-11-19(12-10-17)26-22-23-20-5-3-4-6-21(20)24-22/h3-6,9-12,18H,2,7-8,13-16H2,1H3,(H,23,24). The lowest BCUT2D eigenvalue weighted by Crippen LogP contribution is -2.29. The largest absolute Gasteiger partial charge is 0.426 e. The van der Waals surface area contributed by atoms with E-state index in [4.69, 9.17) is 4.74 Å². The van der Waals surface area contributed by atoms with Crippen molar-refractivity contribution in [1.29, 1.82) is 0 Å². The first-order valence-electron chi connectivity index (χ1n) is 9.74. The fraction of sp³-hybridized carbons (Fsp3) is 0.409. The molecule has 0 radical (unpaired) electrons. The molecule has 1 fully saturated rings. The van der Waals surface area contributed by atoms with Crippen LogP contribution in [0.5, 0.6) is 11.8 Å². The molecular formula is C22H27N3O. The van der Waals surface area contributed by atoms with Crippen molar-refractivity contribution in [3.63, 3.8) is 0 Å². The van der Waals surface area contributed by atoms with E-state index in [9.17, 15) is 0 Å². The third kappa shape index (κ3) is 4.44. The van der Waals surface area contributed by atoms with Crippen LogP contribution >= 0.6 is 0 Å². The fourth-order valence-corrected chi connectivity index (χ4v) is 3.38. The minimum Gasteiger partial charge on any atom is -0.426 e. The van der Waals surface area contributed by atoms with Gasteiger partial charge in [0.05, 0.1) is 11.0 Å². The normalized spacial score (nSPS) is 14.2. The Morgan fingerprint density at radius 1 is 1.08 bits per heavy atom. The molecule has 0 amide bonds. The van der Waals surface area contributed by atoms with Gasteiger partial charge in [-0.3, -0.25) is 0 Å². The van der Waals surface area contributed by atoms with E-state index in [1.807, 2.05) is 36.4 Å². The van der Waals surface area contributed by atoms with Crippen molar-refractivity contribution in [3.05, 3.63) is 54.1 Å². The molecule has 0 saturated heterocycles. The summed E-state index contributed by atoms with van der Waals surface area (Å²) in [6.07, 6.45) is 5.18. The number of nitrogens with zero attached hydrogens (tertiary/aromatic N) is 2. The summed E-state index contributed by atoms with van der Waals surface area (Å²) in [4.78, 5) is 10.3. The monoisotopic (exact) mass is 349 g/mol. The summed E-state index contributed by atoms with van der Waals surface area (Å²) in [6.45, 7) is 5.91. The number of aromatic nitrogens is 2. The average Bonchev–Trinajstić information content (AvgIpc) is 3.38. The smallest absolute Gasteiger partial charge is 0.300 e. The summed E-state index contributed by atoms with van der Waals surface area (Å²) in [6, 6.07) is 16.9. The predicted molar refractivity (Wildman–Crippen MR) is 106 cm³/mol. The van der Waals surface area contributed by atoms with Crippen LogP contribution in [0.25, 0.3) is 11.0 Å². The topological polar surface area (TPSA) is 41.1 Å². The van der Waals surface area contributed by atoms with Gasteiger partial charge in [-0.2, -0.15) is 4.98 Å². The summed E-state index contributed by atoms with van der Waals surface area (Å²) < 4.78 is 5.87. The molecule has 4 nitrogen and oxygen atoms in total. The van der Waals surface area contributed by atoms with Gasteiger partial charge in [0.25, 0.3) is 6.01 Å². The van der Waals surface area contributed by atoms with E-state index >= 15 is 0 Å². The van der Waals surface area contributed by atoms with Crippen molar-refractivity contribution in [3.8, 4) is 11.8 Å². The number of H-pyrrole nitrogens is 1. The zero-order chi connectivity index (χ0) is 17.8. The lowest BCUT2D eigenvalue weighted by Gasteiger charge is -2.21. The van der Waals surface area contributed by atoms with Crippen molar-refractivity contribution in [2.45, 2.75) is 32.6 Å². The third-order valence-electron chi connectivity index (χ3n) is 4.98. The van der Waals surface area contributed by atoms with Gasteiger partial charge in [-0.05, 0) is 68.0 Å². The summed E-state index contributed by atoms with van der Waals surface area (Å²) >= 11 is 0. The minimum atomic E-state index is 0.539. The number of benzene rings is 2. The van der Waals surface area contributed by atoms with Gasteiger partial charge in [-0.25, -0.2) is 0 Å². The number of imidazole rings is 1. The van der Waals surface area contributed by atoms with Crippen LogP contribution in [0.3, 0.4) is 0 Å². The van der Waals surface area contributed by atoms with Crippen LogP contribution in [0.4, 0.5) is 0 Å². The number of rotatable bonds is 9.